The Morgan fingerprint density at radius 1 is 0.844 bits per heavy atom. The van der Waals surface area contributed by atoms with E-state index >= 15 is 0 Å². The summed E-state index contributed by atoms with van der Waals surface area (Å²) >= 11 is 0. The third kappa shape index (κ3) is 3.47. The maximum absolute atomic E-state index is 6.57. The molecule has 172 valence electrons. The van der Waals surface area contributed by atoms with Crippen LogP contribution >= 0.6 is 0 Å². The molecule has 5 rings (SSSR count). The van der Waals surface area contributed by atoms with Crippen molar-refractivity contribution in [2.75, 3.05) is 54.4 Å². The molecule has 3 aliphatic rings. The van der Waals surface area contributed by atoms with Gasteiger partial charge >= 0.3 is 0 Å². The van der Waals surface area contributed by atoms with Crippen molar-refractivity contribution in [3.8, 4) is 34.5 Å². The van der Waals surface area contributed by atoms with E-state index in [0.29, 0.717) is 36.2 Å². The van der Waals surface area contributed by atoms with Gasteiger partial charge in [0.1, 0.15) is 5.75 Å². The van der Waals surface area contributed by atoms with Gasteiger partial charge in [-0.15, -0.1) is 0 Å². The Labute approximate surface area is 187 Å². The lowest BCUT2D eigenvalue weighted by Crippen LogP contribution is -2.52. The Balaban J connectivity index is 1.64. The summed E-state index contributed by atoms with van der Waals surface area (Å²) in [5.41, 5.74) is 2.12. The molecule has 8 nitrogen and oxygen atoms in total. The van der Waals surface area contributed by atoms with Crippen molar-refractivity contribution < 1.29 is 33.2 Å². The molecule has 0 unspecified atom stereocenters. The van der Waals surface area contributed by atoms with Crippen molar-refractivity contribution in [3.05, 3.63) is 35.4 Å². The molecular weight excluding hydrogens is 414 g/mol. The molecule has 3 heterocycles. The largest absolute Gasteiger partial charge is 0.493 e. The van der Waals surface area contributed by atoms with Crippen LogP contribution in [0.15, 0.2) is 24.3 Å². The Hall–Kier alpha value is -2.84. The highest BCUT2D eigenvalue weighted by Crippen LogP contribution is 2.51. The number of rotatable bonds is 5. The molecule has 0 radical (unpaired) electrons. The van der Waals surface area contributed by atoms with Gasteiger partial charge in [-0.3, -0.25) is 4.90 Å². The van der Waals surface area contributed by atoms with E-state index in [2.05, 4.69) is 11.8 Å². The van der Waals surface area contributed by atoms with Crippen LogP contribution in [0.1, 0.15) is 24.0 Å². The van der Waals surface area contributed by atoms with E-state index in [1.807, 2.05) is 24.3 Å². The first-order valence-corrected chi connectivity index (χ1v) is 10.9. The highest BCUT2D eigenvalue weighted by molar-refractivity contribution is 5.60. The highest BCUT2D eigenvalue weighted by atomic mass is 16.7. The van der Waals surface area contributed by atoms with Crippen LogP contribution in [0.4, 0.5) is 0 Å². The molecule has 0 saturated carbocycles. The van der Waals surface area contributed by atoms with Crippen LogP contribution < -0.4 is 28.4 Å². The zero-order valence-electron chi connectivity index (χ0n) is 18.9. The number of nitrogens with zero attached hydrogens (tertiary/aromatic N) is 1. The van der Waals surface area contributed by atoms with Gasteiger partial charge in [0.05, 0.1) is 34.5 Å². The number of benzene rings is 2. The molecule has 0 amide bonds. The predicted octanol–water partition coefficient (Wildman–Crippen LogP) is 3.26. The summed E-state index contributed by atoms with van der Waals surface area (Å²) in [7, 11) is 4.88. The molecule has 2 aromatic rings. The summed E-state index contributed by atoms with van der Waals surface area (Å²) in [6.07, 6.45) is -0.101. The van der Waals surface area contributed by atoms with E-state index in [-0.39, 0.29) is 24.9 Å². The molecular formula is C24H29NO7. The van der Waals surface area contributed by atoms with Crippen molar-refractivity contribution in [2.45, 2.75) is 19.1 Å². The van der Waals surface area contributed by atoms with E-state index in [4.69, 9.17) is 33.2 Å². The maximum Gasteiger partial charge on any atom is 0.231 e. The lowest BCUT2D eigenvalue weighted by atomic mass is 9.77. The number of ether oxygens (including phenoxy) is 7. The van der Waals surface area contributed by atoms with E-state index < -0.39 is 0 Å². The second-order valence-corrected chi connectivity index (χ2v) is 8.20. The van der Waals surface area contributed by atoms with Gasteiger partial charge in [-0.05, 0) is 23.8 Å². The smallest absolute Gasteiger partial charge is 0.231 e. The minimum atomic E-state index is -0.101. The molecule has 0 aromatic heterocycles. The van der Waals surface area contributed by atoms with E-state index in [1.165, 1.54) is 0 Å². The minimum Gasteiger partial charge on any atom is -0.493 e. The first-order valence-electron chi connectivity index (χ1n) is 10.9. The normalized spacial score (nSPS) is 24.4. The number of hydrogen-bond donors (Lipinski definition) is 0. The molecule has 32 heavy (non-hydrogen) atoms. The van der Waals surface area contributed by atoms with E-state index in [0.717, 1.165) is 35.7 Å². The topological polar surface area (TPSA) is 67.9 Å². The molecule has 0 aliphatic carbocycles. The third-order valence-electron chi connectivity index (χ3n) is 6.52. The minimum absolute atomic E-state index is 0.0230. The van der Waals surface area contributed by atoms with Crippen LogP contribution in [0, 0.1) is 5.92 Å². The van der Waals surface area contributed by atoms with Gasteiger partial charge in [-0.1, -0.05) is 6.92 Å². The molecule has 3 atom stereocenters. The molecule has 2 aromatic carbocycles. The lowest BCUT2D eigenvalue weighted by Gasteiger charge is -2.44. The standard InChI is InChI=1S/C24H29NO7/c1-14-22(15-9-20(26-2)23(28-4)21(10-15)27-3)16-11-18-19(31-13-30-18)12-17(16)32-24(14)25-5-7-29-8-6-25/h9-12,14,22,24H,5-8,13H2,1-4H3/t14-,22+,24+/m0/s1. The van der Waals surface area contributed by atoms with Gasteiger partial charge in [0.2, 0.25) is 12.5 Å². The lowest BCUT2D eigenvalue weighted by molar-refractivity contribution is -0.0784. The van der Waals surface area contributed by atoms with Crippen molar-refractivity contribution in [1.82, 2.24) is 4.90 Å². The summed E-state index contributed by atoms with van der Waals surface area (Å²) < 4.78 is 40.3. The molecule has 1 saturated heterocycles. The van der Waals surface area contributed by atoms with E-state index in [9.17, 15) is 0 Å². The summed E-state index contributed by atoms with van der Waals surface area (Å²) in [6.45, 7) is 5.51. The fourth-order valence-corrected chi connectivity index (χ4v) is 4.97. The fourth-order valence-electron chi connectivity index (χ4n) is 4.97. The molecule has 3 aliphatic heterocycles. The molecule has 0 N–H and O–H groups in total. The van der Waals surface area contributed by atoms with Gasteiger partial charge in [0, 0.05) is 36.6 Å². The van der Waals surface area contributed by atoms with Crippen molar-refractivity contribution in [2.24, 2.45) is 5.92 Å². The Morgan fingerprint density at radius 3 is 2.12 bits per heavy atom. The number of hydrogen-bond acceptors (Lipinski definition) is 8. The second-order valence-electron chi connectivity index (χ2n) is 8.20. The maximum atomic E-state index is 6.57. The number of morpholine rings is 1. The summed E-state index contributed by atoms with van der Waals surface area (Å²) in [5.74, 6) is 4.26. The highest BCUT2D eigenvalue weighted by Gasteiger charge is 2.41. The monoisotopic (exact) mass is 443 g/mol. The Morgan fingerprint density at radius 2 is 1.50 bits per heavy atom. The zero-order chi connectivity index (χ0) is 22.2. The van der Waals surface area contributed by atoms with Crippen LogP contribution in [0.3, 0.4) is 0 Å². The summed E-state index contributed by atoms with van der Waals surface area (Å²) in [6, 6.07) is 8.04. The average molecular weight is 443 g/mol. The van der Waals surface area contributed by atoms with Gasteiger partial charge in [-0.25, -0.2) is 0 Å². The van der Waals surface area contributed by atoms with Crippen molar-refractivity contribution in [1.29, 1.82) is 0 Å². The quantitative estimate of drug-likeness (QED) is 0.698. The zero-order valence-corrected chi connectivity index (χ0v) is 18.9. The number of fused-ring (bicyclic) bond motifs is 2. The van der Waals surface area contributed by atoms with Crippen LogP contribution in [0.25, 0.3) is 0 Å². The molecule has 0 bridgehead atoms. The van der Waals surface area contributed by atoms with Gasteiger partial charge in [0.15, 0.2) is 29.2 Å². The van der Waals surface area contributed by atoms with Gasteiger partial charge in [0.25, 0.3) is 0 Å². The van der Waals surface area contributed by atoms with Crippen molar-refractivity contribution in [3.63, 3.8) is 0 Å². The Bertz CT molecular complexity index is 964. The molecule has 0 spiro atoms. The summed E-state index contributed by atoms with van der Waals surface area (Å²) in [4.78, 5) is 2.35. The van der Waals surface area contributed by atoms with Crippen LogP contribution in [-0.4, -0.2) is 65.6 Å². The first-order chi connectivity index (χ1) is 15.6. The second kappa shape index (κ2) is 8.60. The Kier molecular flexibility index (Phi) is 5.65. The number of methoxy groups -OCH3 is 3. The first kappa shape index (κ1) is 21.0. The molecule has 8 heteroatoms. The fraction of sp³-hybridized carbons (Fsp3) is 0.500. The van der Waals surface area contributed by atoms with Crippen LogP contribution in [0.2, 0.25) is 0 Å². The third-order valence-corrected chi connectivity index (χ3v) is 6.52. The predicted molar refractivity (Wildman–Crippen MR) is 116 cm³/mol. The van der Waals surface area contributed by atoms with Gasteiger partial charge < -0.3 is 33.2 Å². The van der Waals surface area contributed by atoms with Crippen molar-refractivity contribution >= 4 is 0 Å². The van der Waals surface area contributed by atoms with Crippen LogP contribution in [0.5, 0.6) is 34.5 Å². The van der Waals surface area contributed by atoms with E-state index in [1.54, 1.807) is 21.3 Å². The SMILES string of the molecule is COc1cc([C@@H]2c3cc4c(cc3O[C@@H](N3CCOCC3)[C@H]2C)OCO4)cc(OC)c1OC. The average Bonchev–Trinajstić information content (AvgIpc) is 3.29. The molecule has 1 fully saturated rings. The van der Waals surface area contributed by atoms with Gasteiger partial charge in [-0.2, -0.15) is 0 Å². The van der Waals surface area contributed by atoms with Crippen LogP contribution in [-0.2, 0) is 4.74 Å². The summed E-state index contributed by atoms with van der Waals surface area (Å²) in [5, 5.41) is 0.